The first kappa shape index (κ1) is 27.4. The number of halogens is 1. The van der Waals surface area contributed by atoms with Gasteiger partial charge in [0, 0.05) is 43.9 Å². The number of allylic oxidation sites excluding steroid dienone is 1. The summed E-state index contributed by atoms with van der Waals surface area (Å²) in [5.41, 5.74) is -0.186. The van der Waals surface area contributed by atoms with Crippen LogP contribution < -0.4 is 10.1 Å². The van der Waals surface area contributed by atoms with Crippen LogP contribution in [-0.4, -0.2) is 59.6 Å². The summed E-state index contributed by atoms with van der Waals surface area (Å²) < 4.78 is 11.4. The first-order chi connectivity index (χ1) is 19.2. The zero-order valence-electron chi connectivity index (χ0n) is 22.1. The molecule has 1 aliphatic carbocycles. The number of aliphatic imine (C=N–C) groups is 1. The topological polar surface area (TPSA) is 134 Å². The number of nitrogens with zero attached hydrogens (tertiary/aromatic N) is 3. The number of hydrogen-bond donors (Lipinski definition) is 2. The van der Waals surface area contributed by atoms with Gasteiger partial charge in [-0.2, -0.15) is 0 Å². The van der Waals surface area contributed by atoms with E-state index in [-0.39, 0.29) is 34.6 Å². The minimum absolute atomic E-state index is 0.0899. The Bertz CT molecular complexity index is 1520. The lowest BCUT2D eigenvalue weighted by Gasteiger charge is -2.30. The number of amides is 1. The molecule has 0 saturated heterocycles. The fraction of sp³-hybridized carbons (Fsp3) is 0.345. The van der Waals surface area contributed by atoms with E-state index in [1.54, 1.807) is 36.6 Å². The van der Waals surface area contributed by atoms with Gasteiger partial charge in [0.05, 0.1) is 16.3 Å². The number of benzene rings is 1. The Morgan fingerprint density at radius 3 is 2.60 bits per heavy atom. The number of aromatic nitrogens is 1. The second-order valence-corrected chi connectivity index (χ2v) is 10.6. The average molecular weight is 565 g/mol. The largest absolute Gasteiger partial charge is 0.482 e. The van der Waals surface area contributed by atoms with Gasteiger partial charge in [-0.15, -0.1) is 0 Å². The van der Waals surface area contributed by atoms with Crippen molar-refractivity contribution in [3.05, 3.63) is 64.6 Å². The lowest BCUT2D eigenvalue weighted by atomic mass is 9.74. The molecule has 1 atom stereocenters. The maximum Gasteiger partial charge on any atom is 0.341 e. The fourth-order valence-electron chi connectivity index (χ4n) is 5.24. The minimum Gasteiger partial charge on any atom is -0.482 e. The van der Waals surface area contributed by atoms with Crippen molar-refractivity contribution in [1.82, 2.24) is 9.88 Å². The number of ether oxygens (including phenoxy) is 1. The van der Waals surface area contributed by atoms with Crippen LogP contribution in [0.4, 0.5) is 5.82 Å². The molecular weight excluding hydrogens is 536 g/mol. The lowest BCUT2D eigenvalue weighted by molar-refractivity contribution is -0.139. The van der Waals surface area contributed by atoms with Crippen molar-refractivity contribution >= 4 is 52.3 Å². The molecule has 1 saturated carbocycles. The standard InChI is InChI=1S/C29H29ClN4O6/c1-34(2)19-13-29(32-15-19,27(37)17-6-4-3-5-7-17)25-21-10-9-20(39-16-24(35)36)12-22(21)40-26(25)28(38)33-23-11-8-18(30)14-31-23/h8-15,17H,3-7,16H2,1-2H3,(H,35,36)(H,31,33,38). The van der Waals surface area contributed by atoms with Gasteiger partial charge in [0.25, 0.3) is 5.91 Å². The highest BCUT2D eigenvalue weighted by Crippen LogP contribution is 2.45. The molecule has 2 aromatic heterocycles. The van der Waals surface area contributed by atoms with Crippen molar-refractivity contribution in [1.29, 1.82) is 0 Å². The second kappa shape index (κ2) is 11.1. The maximum atomic E-state index is 14.4. The van der Waals surface area contributed by atoms with E-state index in [1.165, 1.54) is 12.3 Å². The summed E-state index contributed by atoms with van der Waals surface area (Å²) in [6.07, 6.45) is 9.32. The Kier molecular flexibility index (Phi) is 7.62. The minimum atomic E-state index is -1.49. The van der Waals surface area contributed by atoms with E-state index in [1.807, 2.05) is 19.0 Å². The van der Waals surface area contributed by atoms with Gasteiger partial charge in [0.2, 0.25) is 0 Å². The van der Waals surface area contributed by atoms with Gasteiger partial charge in [-0.25, -0.2) is 9.78 Å². The molecular formula is C29H29ClN4O6. The molecule has 2 N–H and O–H groups in total. The molecule has 40 heavy (non-hydrogen) atoms. The molecule has 2 aliphatic rings. The summed E-state index contributed by atoms with van der Waals surface area (Å²) >= 11 is 5.95. The Labute approximate surface area is 235 Å². The number of carbonyl (C=O) groups excluding carboxylic acids is 2. The van der Waals surface area contributed by atoms with Crippen molar-refractivity contribution in [3.8, 4) is 5.75 Å². The van der Waals surface area contributed by atoms with E-state index in [0.29, 0.717) is 16.0 Å². The van der Waals surface area contributed by atoms with Gasteiger partial charge in [0.15, 0.2) is 23.7 Å². The third-order valence-corrected chi connectivity index (χ3v) is 7.43. The van der Waals surface area contributed by atoms with Crippen LogP contribution in [0.3, 0.4) is 0 Å². The number of furan rings is 1. The van der Waals surface area contributed by atoms with Crippen LogP contribution in [0.2, 0.25) is 5.02 Å². The molecule has 0 spiro atoms. The molecule has 0 bridgehead atoms. The first-order valence-electron chi connectivity index (χ1n) is 13.0. The quantitative estimate of drug-likeness (QED) is 0.368. The van der Waals surface area contributed by atoms with E-state index >= 15 is 0 Å². The summed E-state index contributed by atoms with van der Waals surface area (Å²) in [7, 11) is 3.72. The fourth-order valence-corrected chi connectivity index (χ4v) is 5.36. The van der Waals surface area contributed by atoms with Crippen molar-refractivity contribution in [2.24, 2.45) is 10.9 Å². The van der Waals surface area contributed by atoms with Gasteiger partial charge in [-0.1, -0.05) is 30.9 Å². The van der Waals surface area contributed by atoms with E-state index in [9.17, 15) is 14.4 Å². The van der Waals surface area contributed by atoms with Crippen LogP contribution in [0.5, 0.6) is 5.75 Å². The smallest absolute Gasteiger partial charge is 0.341 e. The highest BCUT2D eigenvalue weighted by Gasteiger charge is 2.49. The number of anilines is 1. The Hall–Kier alpha value is -4.18. The highest BCUT2D eigenvalue weighted by molar-refractivity contribution is 6.30. The van der Waals surface area contributed by atoms with Gasteiger partial charge in [0.1, 0.15) is 17.2 Å². The van der Waals surface area contributed by atoms with Gasteiger partial charge >= 0.3 is 5.97 Å². The third kappa shape index (κ3) is 5.31. The number of hydrogen-bond acceptors (Lipinski definition) is 8. The number of Topliss-reactive ketones (excluding diaryl/α,β-unsaturated/α-hetero) is 1. The monoisotopic (exact) mass is 564 g/mol. The Morgan fingerprint density at radius 2 is 1.95 bits per heavy atom. The lowest BCUT2D eigenvalue weighted by Crippen LogP contribution is -2.38. The number of ketones is 1. The molecule has 3 heterocycles. The van der Waals surface area contributed by atoms with E-state index < -0.39 is 24.0 Å². The van der Waals surface area contributed by atoms with E-state index in [2.05, 4.69) is 10.3 Å². The molecule has 5 rings (SSSR count). The zero-order valence-corrected chi connectivity index (χ0v) is 22.9. The number of nitrogens with one attached hydrogen (secondary N) is 1. The number of carboxylic acids is 1. The van der Waals surface area contributed by atoms with Crippen LogP contribution in [0.1, 0.15) is 48.2 Å². The van der Waals surface area contributed by atoms with Crippen LogP contribution >= 0.6 is 11.6 Å². The zero-order chi connectivity index (χ0) is 28.4. The van der Waals surface area contributed by atoms with Gasteiger partial charge < -0.3 is 24.5 Å². The molecule has 0 radical (unpaired) electrons. The van der Waals surface area contributed by atoms with Crippen LogP contribution in [0.25, 0.3) is 11.0 Å². The van der Waals surface area contributed by atoms with Crippen molar-refractivity contribution in [2.45, 2.75) is 37.6 Å². The predicted molar refractivity (Wildman–Crippen MR) is 150 cm³/mol. The van der Waals surface area contributed by atoms with Crippen molar-refractivity contribution < 1.29 is 28.6 Å². The molecule has 1 unspecified atom stereocenters. The first-order valence-corrected chi connectivity index (χ1v) is 13.4. The number of carbonyl (C=O) groups is 3. The summed E-state index contributed by atoms with van der Waals surface area (Å²) in [6, 6.07) is 7.90. The molecule has 1 fully saturated rings. The molecule has 1 aromatic carbocycles. The van der Waals surface area contributed by atoms with Gasteiger partial charge in [-0.3, -0.25) is 14.6 Å². The normalized spacial score (nSPS) is 18.9. The molecule has 3 aromatic rings. The van der Waals surface area contributed by atoms with Crippen molar-refractivity contribution in [3.63, 3.8) is 0 Å². The number of pyridine rings is 1. The van der Waals surface area contributed by atoms with Crippen molar-refractivity contribution in [2.75, 3.05) is 26.0 Å². The molecule has 1 aliphatic heterocycles. The second-order valence-electron chi connectivity index (χ2n) is 10.1. The number of aliphatic carboxylic acids is 1. The summed E-state index contributed by atoms with van der Waals surface area (Å²) in [5.74, 6) is -1.67. The van der Waals surface area contributed by atoms with Crippen LogP contribution in [0.15, 0.2) is 57.7 Å². The predicted octanol–water partition coefficient (Wildman–Crippen LogP) is 5.07. The van der Waals surface area contributed by atoms with E-state index in [4.69, 9.17) is 30.9 Å². The summed E-state index contributed by atoms with van der Waals surface area (Å²) in [6.45, 7) is -0.544. The van der Waals surface area contributed by atoms with Crippen LogP contribution in [0, 0.1) is 5.92 Å². The molecule has 1 amide bonds. The number of fused-ring (bicyclic) bond motifs is 1. The molecule has 10 nitrogen and oxygen atoms in total. The van der Waals surface area contributed by atoms with Crippen LogP contribution in [-0.2, 0) is 15.1 Å². The Balaban J connectivity index is 1.68. The summed E-state index contributed by atoms with van der Waals surface area (Å²) in [5, 5.41) is 12.7. The molecule has 11 heteroatoms. The maximum absolute atomic E-state index is 14.4. The molecule has 208 valence electrons. The van der Waals surface area contributed by atoms with Gasteiger partial charge in [-0.05, 0) is 43.2 Å². The number of rotatable bonds is 9. The Morgan fingerprint density at radius 1 is 1.18 bits per heavy atom. The highest BCUT2D eigenvalue weighted by atomic mass is 35.5. The van der Waals surface area contributed by atoms with E-state index in [0.717, 1.165) is 37.8 Å². The number of carboxylic acid groups (broad SMARTS) is 1. The SMILES string of the molecule is CN(C)C1=CC(C(=O)C2CCCCC2)(c2c(C(=O)Nc3ccc(Cl)cn3)oc3cc(OCC(=O)O)ccc23)N=C1. The third-order valence-electron chi connectivity index (χ3n) is 7.21. The summed E-state index contributed by atoms with van der Waals surface area (Å²) in [4.78, 5) is 49.9. The average Bonchev–Trinajstić information content (AvgIpc) is 3.56.